The van der Waals surface area contributed by atoms with Crippen LogP contribution in [-0.2, 0) is 0 Å². The summed E-state index contributed by atoms with van der Waals surface area (Å²) in [7, 11) is 0. The summed E-state index contributed by atoms with van der Waals surface area (Å²) in [6.45, 7) is 2.28. The first-order chi connectivity index (χ1) is 10.2. The van der Waals surface area contributed by atoms with Crippen molar-refractivity contribution >= 4 is 27.9 Å². The largest absolute Gasteiger partial charge is 0.397 e. The predicted molar refractivity (Wildman–Crippen MR) is 88.9 cm³/mol. The monoisotopic (exact) mass is 307 g/mol. The molecule has 2 aliphatic carbocycles. The quantitative estimate of drug-likeness (QED) is 0.778. The van der Waals surface area contributed by atoms with Crippen molar-refractivity contribution in [3.05, 3.63) is 10.9 Å². The molecule has 0 bridgehead atoms. The first-order valence-electron chi connectivity index (χ1n) is 8.12. The molecule has 0 unspecified atom stereocenters. The van der Waals surface area contributed by atoms with E-state index in [0.29, 0.717) is 22.6 Å². The Balaban J connectivity index is 1.57. The Hall–Kier alpha value is -1.23. The Labute approximate surface area is 130 Å². The molecule has 4 N–H and O–H groups in total. The van der Waals surface area contributed by atoms with E-state index in [1.54, 1.807) is 0 Å². The summed E-state index contributed by atoms with van der Waals surface area (Å²) >= 11 is 1.49. The van der Waals surface area contributed by atoms with Crippen LogP contribution in [0.2, 0.25) is 0 Å². The maximum absolute atomic E-state index is 12.1. The molecule has 0 radical (unpaired) electrons. The minimum atomic E-state index is -0.0114. The number of anilines is 2. The molecule has 2 fully saturated rings. The topological polar surface area (TPSA) is 67.1 Å². The number of nitrogens with two attached hydrogens (primary N) is 1. The fourth-order valence-electron chi connectivity index (χ4n) is 3.05. The van der Waals surface area contributed by atoms with Gasteiger partial charge in [-0.25, -0.2) is 0 Å². The van der Waals surface area contributed by atoms with Crippen LogP contribution < -0.4 is 16.4 Å². The van der Waals surface area contributed by atoms with Crippen molar-refractivity contribution in [1.82, 2.24) is 5.32 Å². The number of carbonyl (C=O) groups is 1. The summed E-state index contributed by atoms with van der Waals surface area (Å²) in [6, 6.07) is 2.82. The Morgan fingerprint density at radius 1 is 1.24 bits per heavy atom. The van der Waals surface area contributed by atoms with Crippen LogP contribution >= 0.6 is 11.3 Å². The summed E-state index contributed by atoms with van der Waals surface area (Å²) in [5, 5.41) is 7.61. The van der Waals surface area contributed by atoms with E-state index < -0.39 is 0 Å². The van der Waals surface area contributed by atoms with Gasteiger partial charge in [0.2, 0.25) is 0 Å². The zero-order valence-electron chi connectivity index (χ0n) is 12.7. The second-order valence-corrected chi connectivity index (χ2v) is 7.47. The number of nitrogen functional groups attached to an aromatic ring is 1. The maximum Gasteiger partial charge on any atom is 0.263 e. The molecule has 0 atom stereocenters. The van der Waals surface area contributed by atoms with E-state index in [1.165, 1.54) is 43.4 Å². The highest BCUT2D eigenvalue weighted by Crippen LogP contribution is 2.34. The number of amides is 1. The zero-order valence-corrected chi connectivity index (χ0v) is 13.5. The minimum absolute atomic E-state index is 0.0114. The van der Waals surface area contributed by atoms with E-state index in [0.717, 1.165) is 23.8 Å². The molecule has 0 aliphatic heterocycles. The molecule has 1 heterocycles. The van der Waals surface area contributed by atoms with Gasteiger partial charge in [0.1, 0.15) is 4.88 Å². The summed E-state index contributed by atoms with van der Waals surface area (Å²) in [6.07, 6.45) is 8.56. The average molecular weight is 307 g/mol. The van der Waals surface area contributed by atoms with E-state index in [-0.39, 0.29) is 5.91 Å². The predicted octanol–water partition coefficient (Wildman–Crippen LogP) is 3.60. The molecule has 0 aromatic carbocycles. The van der Waals surface area contributed by atoms with E-state index in [2.05, 4.69) is 17.6 Å². The van der Waals surface area contributed by atoms with Crippen molar-refractivity contribution in [2.75, 3.05) is 11.1 Å². The minimum Gasteiger partial charge on any atom is -0.397 e. The third-order valence-corrected chi connectivity index (χ3v) is 5.73. The zero-order chi connectivity index (χ0) is 14.8. The molecule has 116 valence electrons. The van der Waals surface area contributed by atoms with Gasteiger partial charge in [0.15, 0.2) is 0 Å². The van der Waals surface area contributed by atoms with Crippen LogP contribution in [0.3, 0.4) is 0 Å². The molecule has 2 aliphatic rings. The third-order valence-electron chi connectivity index (χ3n) is 4.65. The van der Waals surface area contributed by atoms with Gasteiger partial charge in [-0.05, 0) is 50.5 Å². The van der Waals surface area contributed by atoms with Crippen molar-refractivity contribution in [3.8, 4) is 0 Å². The van der Waals surface area contributed by atoms with Crippen molar-refractivity contribution in [1.29, 1.82) is 0 Å². The van der Waals surface area contributed by atoms with Crippen LogP contribution in [0.4, 0.5) is 10.7 Å². The number of rotatable bonds is 5. The average Bonchev–Trinajstić information content (AvgIpc) is 3.21. The number of thiophene rings is 1. The second kappa shape index (κ2) is 6.26. The van der Waals surface area contributed by atoms with Crippen LogP contribution in [0.1, 0.15) is 61.5 Å². The fraction of sp³-hybridized carbons (Fsp3) is 0.688. The number of nitrogens with one attached hydrogen (secondary N) is 2. The normalized spacial score (nSPS) is 25.6. The van der Waals surface area contributed by atoms with Crippen LogP contribution in [0.5, 0.6) is 0 Å². The lowest BCUT2D eigenvalue weighted by atomic mass is 9.84. The van der Waals surface area contributed by atoms with Crippen LogP contribution in [-0.4, -0.2) is 18.0 Å². The summed E-state index contributed by atoms with van der Waals surface area (Å²) in [4.78, 5) is 12.8. The molecule has 5 heteroatoms. The highest BCUT2D eigenvalue weighted by Gasteiger charge is 2.26. The van der Waals surface area contributed by atoms with Gasteiger partial charge in [-0.3, -0.25) is 4.79 Å². The molecule has 3 rings (SSSR count). The first kappa shape index (κ1) is 14.7. The molecule has 21 heavy (non-hydrogen) atoms. The van der Waals surface area contributed by atoms with Gasteiger partial charge in [-0.2, -0.15) is 0 Å². The highest BCUT2D eigenvalue weighted by molar-refractivity contribution is 7.18. The standard InChI is InChI=1S/C16H25N3OS/c1-2-10-3-5-11(6-4-10)18-14-9-13(17)15(21-14)16(20)19-12-7-8-12/h9-12,18H,2-8,17H2,1H3,(H,19,20). The molecule has 4 nitrogen and oxygen atoms in total. The first-order valence-corrected chi connectivity index (χ1v) is 8.94. The Morgan fingerprint density at radius 3 is 2.52 bits per heavy atom. The van der Waals surface area contributed by atoms with Gasteiger partial charge >= 0.3 is 0 Å². The Kier molecular flexibility index (Phi) is 4.38. The molecule has 2 saturated carbocycles. The van der Waals surface area contributed by atoms with Gasteiger partial charge in [-0.15, -0.1) is 11.3 Å². The van der Waals surface area contributed by atoms with E-state index in [4.69, 9.17) is 5.73 Å². The molecule has 1 aromatic heterocycles. The van der Waals surface area contributed by atoms with E-state index in [1.807, 2.05) is 6.07 Å². The SMILES string of the molecule is CCC1CCC(Nc2cc(N)c(C(=O)NC3CC3)s2)CC1. The molecular weight excluding hydrogens is 282 g/mol. The third kappa shape index (κ3) is 3.70. The van der Waals surface area contributed by atoms with Crippen molar-refractivity contribution < 1.29 is 4.79 Å². The van der Waals surface area contributed by atoms with Gasteiger partial charge in [0, 0.05) is 12.1 Å². The molecular formula is C16H25N3OS. The maximum atomic E-state index is 12.1. The van der Waals surface area contributed by atoms with Crippen LogP contribution in [0.25, 0.3) is 0 Å². The fourth-order valence-corrected chi connectivity index (χ4v) is 4.01. The number of hydrogen-bond acceptors (Lipinski definition) is 4. The summed E-state index contributed by atoms with van der Waals surface area (Å²) in [5.41, 5.74) is 6.60. The van der Waals surface area contributed by atoms with Gasteiger partial charge in [0.05, 0.1) is 10.7 Å². The summed E-state index contributed by atoms with van der Waals surface area (Å²) in [5.74, 6) is 0.888. The number of carbonyl (C=O) groups excluding carboxylic acids is 1. The lowest BCUT2D eigenvalue weighted by Crippen LogP contribution is -2.25. The van der Waals surface area contributed by atoms with Gasteiger partial charge < -0.3 is 16.4 Å². The molecule has 0 spiro atoms. The number of hydrogen-bond donors (Lipinski definition) is 3. The van der Waals surface area contributed by atoms with Crippen molar-refractivity contribution in [2.45, 2.75) is 64.0 Å². The van der Waals surface area contributed by atoms with Crippen LogP contribution in [0, 0.1) is 5.92 Å². The van der Waals surface area contributed by atoms with E-state index >= 15 is 0 Å². The van der Waals surface area contributed by atoms with Crippen LogP contribution in [0.15, 0.2) is 6.07 Å². The molecule has 1 aromatic rings. The van der Waals surface area contributed by atoms with Crippen molar-refractivity contribution in [2.24, 2.45) is 5.92 Å². The smallest absolute Gasteiger partial charge is 0.263 e. The molecule has 1 amide bonds. The highest BCUT2D eigenvalue weighted by atomic mass is 32.1. The van der Waals surface area contributed by atoms with Gasteiger partial charge in [0.25, 0.3) is 5.91 Å². The second-order valence-electron chi connectivity index (χ2n) is 6.41. The lowest BCUT2D eigenvalue weighted by Gasteiger charge is -2.28. The Bertz CT molecular complexity index is 502. The van der Waals surface area contributed by atoms with Gasteiger partial charge in [-0.1, -0.05) is 13.3 Å². The van der Waals surface area contributed by atoms with Crippen molar-refractivity contribution in [3.63, 3.8) is 0 Å². The summed E-state index contributed by atoms with van der Waals surface area (Å²) < 4.78 is 0. The lowest BCUT2D eigenvalue weighted by molar-refractivity contribution is 0.0956. The van der Waals surface area contributed by atoms with E-state index in [9.17, 15) is 4.79 Å². The molecule has 0 saturated heterocycles. The Morgan fingerprint density at radius 2 is 1.90 bits per heavy atom.